The zero-order chi connectivity index (χ0) is 17.6. The van der Waals surface area contributed by atoms with Gasteiger partial charge in [0.2, 0.25) is 0 Å². The third-order valence-electron chi connectivity index (χ3n) is 4.52. The summed E-state index contributed by atoms with van der Waals surface area (Å²) in [5.74, 6) is 0. The molecule has 0 unspecified atom stereocenters. The van der Waals surface area contributed by atoms with E-state index in [1.807, 2.05) is 0 Å². The molecule has 5 heteroatoms. The fraction of sp³-hybridized carbons (Fsp3) is 0.895. The van der Waals surface area contributed by atoms with Crippen LogP contribution in [0.15, 0.2) is 12.2 Å². The van der Waals surface area contributed by atoms with Gasteiger partial charge in [-0.15, -0.1) is 0 Å². The molecular formula is C19H36O5. The van der Waals surface area contributed by atoms with Gasteiger partial charge in [0.05, 0.1) is 19.8 Å². The van der Waals surface area contributed by atoms with Crippen molar-refractivity contribution in [3.05, 3.63) is 12.2 Å². The molecule has 0 spiro atoms. The SMILES string of the molecule is CCCCCCCCC/C=C/CCO[C@H]1CO[C@H](CO)[C@@H](O)[C@@H]1O. The molecule has 0 aliphatic carbocycles. The third kappa shape index (κ3) is 8.58. The Morgan fingerprint density at radius 2 is 1.62 bits per heavy atom. The molecule has 0 aromatic rings. The normalized spacial score (nSPS) is 27.8. The van der Waals surface area contributed by atoms with Gasteiger partial charge in [0.15, 0.2) is 0 Å². The summed E-state index contributed by atoms with van der Waals surface area (Å²) in [7, 11) is 0. The fourth-order valence-corrected chi connectivity index (χ4v) is 2.91. The van der Waals surface area contributed by atoms with Gasteiger partial charge in [0, 0.05) is 0 Å². The lowest BCUT2D eigenvalue weighted by atomic mass is 10.0. The molecule has 0 saturated carbocycles. The van der Waals surface area contributed by atoms with Crippen LogP contribution < -0.4 is 0 Å². The van der Waals surface area contributed by atoms with Crippen LogP contribution in [0.2, 0.25) is 0 Å². The molecule has 0 radical (unpaired) electrons. The van der Waals surface area contributed by atoms with Crippen molar-refractivity contribution in [1.29, 1.82) is 0 Å². The third-order valence-corrected chi connectivity index (χ3v) is 4.52. The fourth-order valence-electron chi connectivity index (χ4n) is 2.91. The van der Waals surface area contributed by atoms with Crippen molar-refractivity contribution < 1.29 is 24.8 Å². The molecule has 0 aromatic carbocycles. The van der Waals surface area contributed by atoms with Gasteiger partial charge in [0.25, 0.3) is 0 Å². The Bertz CT molecular complexity index is 321. The molecule has 24 heavy (non-hydrogen) atoms. The summed E-state index contributed by atoms with van der Waals surface area (Å²) in [6.07, 6.45) is 12.1. The number of ether oxygens (including phenoxy) is 2. The van der Waals surface area contributed by atoms with Crippen LogP contribution >= 0.6 is 0 Å². The molecule has 0 aromatic heterocycles. The van der Waals surface area contributed by atoms with Crippen molar-refractivity contribution in [3.8, 4) is 0 Å². The number of aliphatic hydroxyl groups excluding tert-OH is 3. The van der Waals surface area contributed by atoms with Crippen LogP contribution in [0, 0.1) is 0 Å². The lowest BCUT2D eigenvalue weighted by Gasteiger charge is -2.36. The van der Waals surface area contributed by atoms with Gasteiger partial charge >= 0.3 is 0 Å². The number of rotatable bonds is 13. The summed E-state index contributed by atoms with van der Waals surface area (Å²) < 4.78 is 10.9. The average molecular weight is 344 g/mol. The van der Waals surface area contributed by atoms with Crippen LogP contribution in [0.5, 0.6) is 0 Å². The van der Waals surface area contributed by atoms with Crippen LogP contribution in [0.1, 0.15) is 64.7 Å². The predicted octanol–water partition coefficient (Wildman–Crippen LogP) is 2.57. The van der Waals surface area contributed by atoms with Gasteiger partial charge < -0.3 is 24.8 Å². The van der Waals surface area contributed by atoms with Crippen molar-refractivity contribution >= 4 is 0 Å². The first-order chi connectivity index (χ1) is 11.7. The summed E-state index contributed by atoms with van der Waals surface area (Å²) in [4.78, 5) is 0. The minimum atomic E-state index is -1.10. The minimum Gasteiger partial charge on any atom is -0.394 e. The van der Waals surface area contributed by atoms with E-state index < -0.39 is 24.4 Å². The Hall–Kier alpha value is -0.460. The quantitative estimate of drug-likeness (QED) is 0.353. The van der Waals surface area contributed by atoms with E-state index >= 15 is 0 Å². The molecule has 5 nitrogen and oxygen atoms in total. The van der Waals surface area contributed by atoms with Crippen molar-refractivity contribution in [2.24, 2.45) is 0 Å². The second-order valence-corrected chi connectivity index (χ2v) is 6.61. The largest absolute Gasteiger partial charge is 0.394 e. The Kier molecular flexibility index (Phi) is 12.4. The molecular weight excluding hydrogens is 308 g/mol. The molecule has 0 amide bonds. The maximum atomic E-state index is 9.93. The van der Waals surface area contributed by atoms with Crippen molar-refractivity contribution in [3.63, 3.8) is 0 Å². The van der Waals surface area contributed by atoms with E-state index in [0.717, 1.165) is 12.8 Å². The van der Waals surface area contributed by atoms with Crippen LogP contribution in [-0.2, 0) is 9.47 Å². The molecule has 3 N–H and O–H groups in total. The maximum Gasteiger partial charge on any atom is 0.111 e. The lowest BCUT2D eigenvalue weighted by molar-refractivity contribution is -0.208. The van der Waals surface area contributed by atoms with E-state index in [1.165, 1.54) is 44.9 Å². The number of allylic oxidation sites excluding steroid dienone is 1. The Morgan fingerprint density at radius 3 is 2.33 bits per heavy atom. The van der Waals surface area contributed by atoms with Crippen molar-refractivity contribution in [2.75, 3.05) is 19.8 Å². The number of hydrogen-bond acceptors (Lipinski definition) is 5. The predicted molar refractivity (Wildman–Crippen MR) is 94.9 cm³/mol. The molecule has 1 rings (SSSR count). The molecule has 0 bridgehead atoms. The molecule has 142 valence electrons. The van der Waals surface area contributed by atoms with Gasteiger partial charge in [-0.2, -0.15) is 0 Å². The molecule has 1 saturated heterocycles. The first-order valence-corrected chi connectivity index (χ1v) is 9.55. The Balaban J connectivity index is 1.98. The highest BCUT2D eigenvalue weighted by Crippen LogP contribution is 2.18. The second kappa shape index (κ2) is 13.8. The van der Waals surface area contributed by atoms with Crippen molar-refractivity contribution in [1.82, 2.24) is 0 Å². The topological polar surface area (TPSA) is 79.2 Å². The molecule has 4 atom stereocenters. The standard InChI is InChI=1S/C19H36O5/c1-2-3-4-5-6-7-8-9-10-11-12-13-23-17-15-24-16(14-20)18(21)19(17)22/h10-11,16-22H,2-9,12-15H2,1H3/b11-10+/t16-,17+,18-,19-/m1/s1. The van der Waals surface area contributed by atoms with Crippen LogP contribution in [0.3, 0.4) is 0 Å². The van der Waals surface area contributed by atoms with Crippen LogP contribution in [0.4, 0.5) is 0 Å². The Morgan fingerprint density at radius 1 is 0.958 bits per heavy atom. The summed E-state index contributed by atoms with van der Waals surface area (Å²) in [5.41, 5.74) is 0. The molecule has 1 aliphatic heterocycles. The summed E-state index contributed by atoms with van der Waals surface area (Å²) >= 11 is 0. The summed E-state index contributed by atoms with van der Waals surface area (Å²) in [6, 6.07) is 0. The van der Waals surface area contributed by atoms with E-state index in [4.69, 9.17) is 14.6 Å². The Labute approximate surface area is 146 Å². The highest BCUT2D eigenvalue weighted by molar-refractivity contribution is 4.88. The van der Waals surface area contributed by atoms with Crippen molar-refractivity contribution in [2.45, 2.75) is 89.1 Å². The number of aliphatic hydroxyl groups is 3. The maximum absolute atomic E-state index is 9.93. The zero-order valence-electron chi connectivity index (χ0n) is 15.1. The van der Waals surface area contributed by atoms with E-state index in [2.05, 4.69) is 19.1 Å². The first kappa shape index (κ1) is 21.6. The second-order valence-electron chi connectivity index (χ2n) is 6.61. The smallest absolute Gasteiger partial charge is 0.111 e. The first-order valence-electron chi connectivity index (χ1n) is 9.55. The lowest BCUT2D eigenvalue weighted by Crippen LogP contribution is -2.55. The van der Waals surface area contributed by atoms with E-state index in [-0.39, 0.29) is 13.2 Å². The summed E-state index contributed by atoms with van der Waals surface area (Å²) in [5, 5.41) is 28.7. The highest BCUT2D eigenvalue weighted by Gasteiger charge is 2.38. The number of unbranched alkanes of at least 4 members (excludes halogenated alkanes) is 7. The van der Waals surface area contributed by atoms with Gasteiger partial charge in [0.1, 0.15) is 24.4 Å². The average Bonchev–Trinajstić information content (AvgIpc) is 2.59. The van der Waals surface area contributed by atoms with E-state index in [1.54, 1.807) is 0 Å². The molecule has 1 fully saturated rings. The van der Waals surface area contributed by atoms with Gasteiger partial charge in [-0.1, -0.05) is 57.6 Å². The van der Waals surface area contributed by atoms with Gasteiger partial charge in [-0.25, -0.2) is 0 Å². The van der Waals surface area contributed by atoms with Gasteiger partial charge in [-0.3, -0.25) is 0 Å². The molecule has 1 heterocycles. The minimum absolute atomic E-state index is 0.200. The van der Waals surface area contributed by atoms with E-state index in [0.29, 0.717) is 6.61 Å². The number of hydrogen-bond donors (Lipinski definition) is 3. The molecule has 1 aliphatic rings. The zero-order valence-corrected chi connectivity index (χ0v) is 15.1. The van der Waals surface area contributed by atoms with Crippen LogP contribution in [0.25, 0.3) is 0 Å². The summed E-state index contributed by atoms with van der Waals surface area (Å²) in [6.45, 7) is 2.64. The monoisotopic (exact) mass is 344 g/mol. The van der Waals surface area contributed by atoms with Gasteiger partial charge in [-0.05, 0) is 19.3 Å². The highest BCUT2D eigenvalue weighted by atomic mass is 16.6. The van der Waals surface area contributed by atoms with E-state index in [9.17, 15) is 10.2 Å². The van der Waals surface area contributed by atoms with Crippen LogP contribution in [-0.4, -0.2) is 59.6 Å².